The largest absolute Gasteiger partial charge is 0.462 e. The lowest BCUT2D eigenvalue weighted by atomic mass is 10.1. The van der Waals surface area contributed by atoms with E-state index < -0.39 is 0 Å². The van der Waals surface area contributed by atoms with Crippen LogP contribution in [0.15, 0.2) is 70.2 Å². The van der Waals surface area contributed by atoms with Crippen LogP contribution in [-0.4, -0.2) is 24.7 Å². The van der Waals surface area contributed by atoms with E-state index in [-0.39, 0.29) is 11.9 Å². The zero-order valence-electron chi connectivity index (χ0n) is 16.4. The molecule has 0 radical (unpaired) electrons. The highest BCUT2D eigenvalue weighted by Gasteiger charge is 2.09. The number of hydrogen-bond donors (Lipinski definition) is 1. The summed E-state index contributed by atoms with van der Waals surface area (Å²) in [6.07, 6.45) is 3.23. The fraction of sp³-hybridized carbons (Fsp3) is 0.174. The van der Waals surface area contributed by atoms with Crippen molar-refractivity contribution in [2.24, 2.45) is 5.10 Å². The smallest absolute Gasteiger partial charge is 0.338 e. The van der Waals surface area contributed by atoms with Gasteiger partial charge in [-0.2, -0.15) is 5.10 Å². The van der Waals surface area contributed by atoms with Gasteiger partial charge < -0.3 is 9.15 Å². The molecule has 1 N–H and O–H groups in total. The van der Waals surface area contributed by atoms with Crippen LogP contribution in [0.1, 0.15) is 46.2 Å². The summed E-state index contributed by atoms with van der Waals surface area (Å²) in [6, 6.07) is 17.1. The van der Waals surface area contributed by atoms with Gasteiger partial charge in [0, 0.05) is 16.1 Å². The average molecular weight is 425 g/mol. The fourth-order valence-electron chi connectivity index (χ4n) is 2.59. The third-order valence-corrected chi connectivity index (χ3v) is 4.44. The van der Waals surface area contributed by atoms with Crippen molar-refractivity contribution in [3.63, 3.8) is 0 Å². The van der Waals surface area contributed by atoms with Crippen molar-refractivity contribution < 1.29 is 18.7 Å². The van der Waals surface area contributed by atoms with Gasteiger partial charge in [-0.15, -0.1) is 0 Å². The molecule has 0 aliphatic carbocycles. The molecule has 3 rings (SSSR count). The molecule has 0 unspecified atom stereocenters. The van der Waals surface area contributed by atoms with Crippen LogP contribution in [0.4, 0.5) is 0 Å². The molecule has 0 fully saturated rings. The number of nitrogens with one attached hydrogen (secondary N) is 1. The zero-order chi connectivity index (χ0) is 21.3. The number of amides is 1. The number of nitrogens with zero attached hydrogens (tertiary/aromatic N) is 1. The third-order valence-electron chi connectivity index (χ3n) is 4.21. The van der Waals surface area contributed by atoms with Gasteiger partial charge in [0.15, 0.2) is 0 Å². The Labute approximate surface area is 179 Å². The fourth-order valence-corrected chi connectivity index (χ4v) is 2.78. The molecule has 0 aliphatic rings. The van der Waals surface area contributed by atoms with Crippen LogP contribution in [-0.2, 0) is 4.74 Å². The normalized spacial score (nSPS) is 10.9. The Kier molecular flexibility index (Phi) is 7.40. The number of carbonyl (C=O) groups is 2. The molecule has 0 atom stereocenters. The maximum Gasteiger partial charge on any atom is 0.338 e. The summed E-state index contributed by atoms with van der Waals surface area (Å²) < 4.78 is 10.9. The molecule has 0 saturated carbocycles. The van der Waals surface area contributed by atoms with Crippen LogP contribution in [0.2, 0.25) is 5.02 Å². The number of halogens is 1. The second-order valence-corrected chi connectivity index (χ2v) is 6.91. The highest BCUT2D eigenvalue weighted by atomic mass is 35.5. The van der Waals surface area contributed by atoms with Gasteiger partial charge in [0.05, 0.1) is 18.4 Å². The van der Waals surface area contributed by atoms with E-state index in [1.165, 1.54) is 6.21 Å². The summed E-state index contributed by atoms with van der Waals surface area (Å²) in [6.45, 7) is 2.46. The second-order valence-electron chi connectivity index (χ2n) is 6.48. The number of esters is 1. The van der Waals surface area contributed by atoms with Crippen LogP contribution in [0, 0.1) is 0 Å². The summed E-state index contributed by atoms with van der Waals surface area (Å²) in [4.78, 5) is 24.0. The first-order chi connectivity index (χ1) is 14.6. The van der Waals surface area contributed by atoms with Crippen molar-refractivity contribution in [3.05, 3.63) is 82.6 Å². The highest BCUT2D eigenvalue weighted by molar-refractivity contribution is 6.30. The quantitative estimate of drug-likeness (QED) is 0.229. The molecule has 0 saturated heterocycles. The molecule has 154 valence electrons. The predicted octanol–water partition coefficient (Wildman–Crippen LogP) is 5.32. The first-order valence-corrected chi connectivity index (χ1v) is 9.91. The molecule has 1 aromatic heterocycles. The minimum absolute atomic E-state index is 0.335. The Morgan fingerprint density at radius 1 is 1.10 bits per heavy atom. The molecule has 2 aromatic carbocycles. The summed E-state index contributed by atoms with van der Waals surface area (Å²) >= 11 is 5.88. The first kappa shape index (κ1) is 21.3. The maximum atomic E-state index is 12.0. The summed E-state index contributed by atoms with van der Waals surface area (Å²) in [5.41, 5.74) is 4.14. The summed E-state index contributed by atoms with van der Waals surface area (Å²) in [5.74, 6) is 0.377. The monoisotopic (exact) mass is 424 g/mol. The number of ether oxygens (including phenoxy) is 1. The highest BCUT2D eigenvalue weighted by Crippen LogP contribution is 2.22. The molecule has 0 spiro atoms. The number of hydrogen-bond acceptors (Lipinski definition) is 5. The standard InChI is InChI=1S/C23H21ClN2O4/c1-2-3-13-29-23(28)17-9-7-16(8-10-17)21-12-11-20(30-21)15-25-26-22(27)18-5-4-6-19(24)14-18/h4-12,14-15H,2-3,13H2,1H3,(H,26,27)/b25-15-. The maximum absolute atomic E-state index is 12.0. The molecule has 0 aliphatic heterocycles. The van der Waals surface area contributed by atoms with Crippen molar-refractivity contribution >= 4 is 29.7 Å². The summed E-state index contributed by atoms with van der Waals surface area (Å²) in [5, 5.41) is 4.38. The van der Waals surface area contributed by atoms with E-state index in [1.807, 2.05) is 6.92 Å². The predicted molar refractivity (Wildman–Crippen MR) is 116 cm³/mol. The lowest BCUT2D eigenvalue weighted by Gasteiger charge is -2.04. The van der Waals surface area contributed by atoms with E-state index in [2.05, 4.69) is 10.5 Å². The van der Waals surface area contributed by atoms with E-state index in [9.17, 15) is 9.59 Å². The van der Waals surface area contributed by atoms with Gasteiger partial charge in [-0.3, -0.25) is 4.79 Å². The lowest BCUT2D eigenvalue weighted by Crippen LogP contribution is -2.17. The number of furan rings is 1. The Hall–Kier alpha value is -3.38. The molecule has 0 bridgehead atoms. The Balaban J connectivity index is 1.58. The van der Waals surface area contributed by atoms with Gasteiger partial charge in [-0.1, -0.05) is 43.1 Å². The van der Waals surface area contributed by atoms with Crippen molar-refractivity contribution in [2.75, 3.05) is 6.61 Å². The van der Waals surface area contributed by atoms with Gasteiger partial charge in [-0.25, -0.2) is 10.2 Å². The molecular formula is C23H21ClN2O4. The zero-order valence-corrected chi connectivity index (χ0v) is 17.2. The Morgan fingerprint density at radius 2 is 1.90 bits per heavy atom. The van der Waals surface area contributed by atoms with E-state index in [0.29, 0.717) is 34.3 Å². The molecule has 1 heterocycles. The van der Waals surface area contributed by atoms with Gasteiger partial charge >= 0.3 is 5.97 Å². The van der Waals surface area contributed by atoms with E-state index >= 15 is 0 Å². The van der Waals surface area contributed by atoms with Crippen LogP contribution in [0.25, 0.3) is 11.3 Å². The number of unbranched alkanes of at least 4 members (excludes halogenated alkanes) is 1. The molecule has 3 aromatic rings. The summed E-state index contributed by atoms with van der Waals surface area (Å²) in [7, 11) is 0. The molecule has 6 nitrogen and oxygen atoms in total. The molecule has 1 amide bonds. The minimum Gasteiger partial charge on any atom is -0.462 e. The Morgan fingerprint density at radius 3 is 2.63 bits per heavy atom. The van der Waals surface area contributed by atoms with Crippen LogP contribution >= 0.6 is 11.6 Å². The van der Waals surface area contributed by atoms with Crippen LogP contribution in [0.5, 0.6) is 0 Å². The number of benzene rings is 2. The number of hydrazone groups is 1. The molecule has 30 heavy (non-hydrogen) atoms. The molecular weight excluding hydrogens is 404 g/mol. The van der Waals surface area contributed by atoms with Gasteiger partial charge in [0.2, 0.25) is 0 Å². The minimum atomic E-state index is -0.373. The number of rotatable bonds is 8. The van der Waals surface area contributed by atoms with E-state index in [1.54, 1.807) is 60.7 Å². The van der Waals surface area contributed by atoms with Gasteiger partial charge in [-0.05, 0) is 48.9 Å². The van der Waals surface area contributed by atoms with Crippen molar-refractivity contribution in [1.29, 1.82) is 0 Å². The van der Waals surface area contributed by atoms with Crippen molar-refractivity contribution in [1.82, 2.24) is 5.43 Å². The second kappa shape index (κ2) is 10.4. The van der Waals surface area contributed by atoms with Crippen molar-refractivity contribution in [2.45, 2.75) is 19.8 Å². The first-order valence-electron chi connectivity index (χ1n) is 9.53. The average Bonchev–Trinajstić information content (AvgIpc) is 3.23. The number of carbonyl (C=O) groups excluding carboxylic acids is 2. The van der Waals surface area contributed by atoms with Crippen molar-refractivity contribution in [3.8, 4) is 11.3 Å². The molecule has 7 heteroatoms. The van der Waals surface area contributed by atoms with E-state index in [4.69, 9.17) is 20.8 Å². The SMILES string of the molecule is CCCCOC(=O)c1ccc(-c2ccc(/C=N\NC(=O)c3cccc(Cl)c3)o2)cc1. The topological polar surface area (TPSA) is 80.9 Å². The Bertz CT molecular complexity index is 1040. The third kappa shape index (κ3) is 5.81. The lowest BCUT2D eigenvalue weighted by molar-refractivity contribution is 0.0499. The van der Waals surface area contributed by atoms with Gasteiger partial charge in [0.1, 0.15) is 11.5 Å². The van der Waals surface area contributed by atoms with Gasteiger partial charge in [0.25, 0.3) is 5.91 Å². The van der Waals surface area contributed by atoms with Crippen LogP contribution < -0.4 is 5.43 Å². The van der Waals surface area contributed by atoms with Crippen LogP contribution in [0.3, 0.4) is 0 Å². The van der Waals surface area contributed by atoms with E-state index in [0.717, 1.165) is 18.4 Å².